The van der Waals surface area contributed by atoms with Gasteiger partial charge in [0, 0.05) is 23.0 Å². The monoisotopic (exact) mass is 271 g/mol. The number of benzene rings is 1. The minimum atomic E-state index is -0.794. The second-order valence-corrected chi connectivity index (χ2v) is 5.10. The zero-order valence-corrected chi connectivity index (χ0v) is 10.6. The zero-order valence-electron chi connectivity index (χ0n) is 9.83. The molecule has 2 atom stereocenters. The fourth-order valence-electron chi connectivity index (χ4n) is 2.45. The SMILES string of the molecule is O=C(O)CC1CCNC(c2ccc(Cl)cc2F)C1. The Labute approximate surface area is 110 Å². The number of rotatable bonds is 3. The molecule has 1 saturated heterocycles. The maximum Gasteiger partial charge on any atom is 0.303 e. The predicted octanol–water partition coefficient (Wildman–Crippen LogP) is 2.99. The number of carboxylic acid groups (broad SMARTS) is 1. The summed E-state index contributed by atoms with van der Waals surface area (Å²) in [7, 11) is 0. The topological polar surface area (TPSA) is 49.3 Å². The Morgan fingerprint density at radius 1 is 1.56 bits per heavy atom. The van der Waals surface area contributed by atoms with Gasteiger partial charge >= 0.3 is 5.97 Å². The minimum absolute atomic E-state index is 0.101. The van der Waals surface area contributed by atoms with Crippen LogP contribution < -0.4 is 5.32 Å². The van der Waals surface area contributed by atoms with Gasteiger partial charge in [0.25, 0.3) is 0 Å². The maximum absolute atomic E-state index is 13.8. The first kappa shape index (κ1) is 13.3. The van der Waals surface area contributed by atoms with E-state index in [2.05, 4.69) is 5.32 Å². The first-order valence-corrected chi connectivity index (χ1v) is 6.34. The number of nitrogens with one attached hydrogen (secondary N) is 1. The van der Waals surface area contributed by atoms with Gasteiger partial charge in [-0.15, -0.1) is 0 Å². The van der Waals surface area contributed by atoms with Gasteiger partial charge in [0.2, 0.25) is 0 Å². The lowest BCUT2D eigenvalue weighted by molar-refractivity contribution is -0.138. The van der Waals surface area contributed by atoms with E-state index in [4.69, 9.17) is 16.7 Å². The molecular weight excluding hydrogens is 257 g/mol. The van der Waals surface area contributed by atoms with E-state index in [1.807, 2.05) is 0 Å². The van der Waals surface area contributed by atoms with Gasteiger partial charge < -0.3 is 10.4 Å². The molecule has 1 fully saturated rings. The van der Waals surface area contributed by atoms with Gasteiger partial charge in [0.05, 0.1) is 0 Å². The fourth-order valence-corrected chi connectivity index (χ4v) is 2.61. The van der Waals surface area contributed by atoms with Crippen LogP contribution in [0.4, 0.5) is 4.39 Å². The average molecular weight is 272 g/mol. The van der Waals surface area contributed by atoms with Crippen LogP contribution in [0.3, 0.4) is 0 Å². The molecule has 2 rings (SSSR count). The van der Waals surface area contributed by atoms with Gasteiger partial charge in [-0.1, -0.05) is 17.7 Å². The van der Waals surface area contributed by atoms with Crippen molar-refractivity contribution in [2.75, 3.05) is 6.54 Å². The van der Waals surface area contributed by atoms with Crippen molar-refractivity contribution in [2.45, 2.75) is 25.3 Å². The molecule has 0 amide bonds. The number of piperidine rings is 1. The van der Waals surface area contributed by atoms with Crippen molar-refractivity contribution in [1.82, 2.24) is 5.32 Å². The predicted molar refractivity (Wildman–Crippen MR) is 67.1 cm³/mol. The van der Waals surface area contributed by atoms with Crippen LogP contribution in [0.25, 0.3) is 0 Å². The van der Waals surface area contributed by atoms with Crippen LogP contribution in [0.2, 0.25) is 5.02 Å². The van der Waals surface area contributed by atoms with Gasteiger partial charge in [-0.3, -0.25) is 4.79 Å². The summed E-state index contributed by atoms with van der Waals surface area (Å²) in [6, 6.07) is 4.49. The Kier molecular flexibility index (Phi) is 4.19. The zero-order chi connectivity index (χ0) is 13.1. The van der Waals surface area contributed by atoms with Crippen molar-refractivity contribution in [2.24, 2.45) is 5.92 Å². The smallest absolute Gasteiger partial charge is 0.303 e. The van der Waals surface area contributed by atoms with Crippen molar-refractivity contribution in [3.63, 3.8) is 0 Å². The molecule has 0 aromatic heterocycles. The van der Waals surface area contributed by atoms with Crippen molar-refractivity contribution in [3.05, 3.63) is 34.6 Å². The third-order valence-corrected chi connectivity index (χ3v) is 3.55. The second-order valence-electron chi connectivity index (χ2n) is 4.66. The molecule has 1 aliphatic heterocycles. The molecule has 2 unspecified atom stereocenters. The van der Waals surface area contributed by atoms with Crippen LogP contribution in [0, 0.1) is 11.7 Å². The first-order valence-electron chi connectivity index (χ1n) is 5.96. The molecule has 5 heteroatoms. The molecule has 2 N–H and O–H groups in total. The molecule has 1 aromatic rings. The Morgan fingerprint density at radius 2 is 2.33 bits per heavy atom. The normalized spacial score (nSPS) is 23.9. The number of aliphatic carboxylic acids is 1. The van der Waals surface area contributed by atoms with E-state index in [0.717, 1.165) is 6.42 Å². The third-order valence-electron chi connectivity index (χ3n) is 3.31. The Balaban J connectivity index is 2.10. The molecule has 1 aliphatic rings. The quantitative estimate of drug-likeness (QED) is 0.888. The Bertz CT molecular complexity index is 453. The summed E-state index contributed by atoms with van der Waals surface area (Å²) in [5.74, 6) is -1.03. The van der Waals surface area contributed by atoms with E-state index in [9.17, 15) is 9.18 Å². The fraction of sp³-hybridized carbons (Fsp3) is 0.462. The van der Waals surface area contributed by atoms with E-state index in [1.165, 1.54) is 6.07 Å². The Morgan fingerprint density at radius 3 is 3.00 bits per heavy atom. The van der Waals surface area contributed by atoms with Crippen molar-refractivity contribution in [1.29, 1.82) is 0 Å². The highest BCUT2D eigenvalue weighted by molar-refractivity contribution is 6.30. The molecule has 3 nitrogen and oxygen atoms in total. The van der Waals surface area contributed by atoms with Gasteiger partial charge in [0.1, 0.15) is 5.82 Å². The van der Waals surface area contributed by atoms with Gasteiger partial charge in [-0.25, -0.2) is 4.39 Å². The summed E-state index contributed by atoms with van der Waals surface area (Å²) in [4.78, 5) is 10.7. The number of carbonyl (C=O) groups is 1. The molecule has 0 aliphatic carbocycles. The number of halogens is 2. The maximum atomic E-state index is 13.8. The molecule has 18 heavy (non-hydrogen) atoms. The number of hydrogen-bond donors (Lipinski definition) is 2. The van der Waals surface area contributed by atoms with E-state index >= 15 is 0 Å². The lowest BCUT2D eigenvalue weighted by Gasteiger charge is -2.30. The molecule has 0 saturated carbocycles. The van der Waals surface area contributed by atoms with Crippen LogP contribution in [0.1, 0.15) is 30.9 Å². The van der Waals surface area contributed by atoms with Crippen LogP contribution in [-0.4, -0.2) is 17.6 Å². The van der Waals surface area contributed by atoms with E-state index in [-0.39, 0.29) is 24.2 Å². The van der Waals surface area contributed by atoms with Crippen molar-refractivity contribution < 1.29 is 14.3 Å². The summed E-state index contributed by atoms with van der Waals surface area (Å²) < 4.78 is 13.8. The lowest BCUT2D eigenvalue weighted by atomic mass is 9.86. The summed E-state index contributed by atoms with van der Waals surface area (Å²) in [5.41, 5.74) is 0.564. The Hall–Kier alpha value is -1.13. The summed E-state index contributed by atoms with van der Waals surface area (Å²) >= 11 is 5.72. The highest BCUT2D eigenvalue weighted by Crippen LogP contribution is 2.31. The lowest BCUT2D eigenvalue weighted by Crippen LogP contribution is -2.33. The molecule has 98 valence electrons. The standard InChI is InChI=1S/C13H15ClFNO2/c14-9-1-2-10(11(15)7-9)12-5-8(3-4-16-12)6-13(17)18/h1-2,7-8,12,16H,3-6H2,(H,17,18). The minimum Gasteiger partial charge on any atom is -0.481 e. The van der Waals surface area contributed by atoms with Crippen molar-refractivity contribution >= 4 is 17.6 Å². The van der Waals surface area contributed by atoms with Crippen LogP contribution in [0.5, 0.6) is 0 Å². The molecular formula is C13H15ClFNO2. The van der Waals surface area contributed by atoms with Gasteiger partial charge in [0.15, 0.2) is 0 Å². The van der Waals surface area contributed by atoms with Gasteiger partial charge in [-0.2, -0.15) is 0 Å². The van der Waals surface area contributed by atoms with Crippen molar-refractivity contribution in [3.8, 4) is 0 Å². The number of carboxylic acids is 1. The van der Waals surface area contributed by atoms with Crippen LogP contribution >= 0.6 is 11.6 Å². The molecule has 0 bridgehead atoms. The van der Waals surface area contributed by atoms with E-state index in [0.29, 0.717) is 23.6 Å². The van der Waals surface area contributed by atoms with E-state index in [1.54, 1.807) is 12.1 Å². The van der Waals surface area contributed by atoms with E-state index < -0.39 is 5.97 Å². The molecule has 0 radical (unpaired) electrons. The first-order chi connectivity index (χ1) is 8.56. The summed E-state index contributed by atoms with van der Waals surface area (Å²) in [6.07, 6.45) is 1.61. The summed E-state index contributed by atoms with van der Waals surface area (Å²) in [6.45, 7) is 0.713. The molecule has 0 spiro atoms. The highest BCUT2D eigenvalue weighted by Gasteiger charge is 2.26. The average Bonchev–Trinajstić information content (AvgIpc) is 2.28. The summed E-state index contributed by atoms with van der Waals surface area (Å²) in [5, 5.41) is 12.4. The van der Waals surface area contributed by atoms with Gasteiger partial charge in [-0.05, 0) is 37.4 Å². The second kappa shape index (κ2) is 5.67. The largest absolute Gasteiger partial charge is 0.481 e. The molecule has 1 heterocycles. The van der Waals surface area contributed by atoms with Crippen LogP contribution in [0.15, 0.2) is 18.2 Å². The third kappa shape index (κ3) is 3.21. The van der Waals surface area contributed by atoms with Crippen LogP contribution in [-0.2, 0) is 4.79 Å². The number of hydrogen-bond acceptors (Lipinski definition) is 2. The molecule has 1 aromatic carbocycles. The highest BCUT2D eigenvalue weighted by atomic mass is 35.5.